The maximum Gasteiger partial charge on any atom is 0.0847 e. The standard InChI is InChI=1S/C13H18ClN3S/c1-9-13(14)12(17(3)16-9)7-11(15-2)6-10-4-5-18-8-10/h4-5,8,11,15H,6-7H2,1-3H3. The Balaban J connectivity index is 2.10. The van der Waals surface area contributed by atoms with Gasteiger partial charge in [-0.15, -0.1) is 0 Å². The molecule has 1 N–H and O–H groups in total. The molecule has 0 amide bonds. The summed E-state index contributed by atoms with van der Waals surface area (Å²) < 4.78 is 1.88. The number of aromatic nitrogens is 2. The Labute approximate surface area is 117 Å². The molecule has 3 nitrogen and oxygen atoms in total. The Morgan fingerprint density at radius 3 is 2.78 bits per heavy atom. The molecule has 1 unspecified atom stereocenters. The zero-order valence-electron chi connectivity index (χ0n) is 10.9. The van der Waals surface area contributed by atoms with Gasteiger partial charge in [0, 0.05) is 19.5 Å². The van der Waals surface area contributed by atoms with Gasteiger partial charge in [-0.2, -0.15) is 16.4 Å². The van der Waals surface area contributed by atoms with Crippen molar-refractivity contribution in [3.8, 4) is 0 Å². The molecule has 0 aromatic carbocycles. The summed E-state index contributed by atoms with van der Waals surface area (Å²) in [5, 5.41) is 12.8. The fourth-order valence-electron chi connectivity index (χ4n) is 2.10. The molecule has 98 valence electrons. The second kappa shape index (κ2) is 5.87. The molecule has 0 radical (unpaired) electrons. The van der Waals surface area contributed by atoms with Crippen molar-refractivity contribution >= 4 is 22.9 Å². The zero-order chi connectivity index (χ0) is 13.1. The first kappa shape index (κ1) is 13.6. The van der Waals surface area contributed by atoms with Crippen LogP contribution in [0, 0.1) is 6.92 Å². The Bertz CT molecular complexity index is 505. The van der Waals surface area contributed by atoms with Crippen molar-refractivity contribution in [1.82, 2.24) is 15.1 Å². The van der Waals surface area contributed by atoms with Gasteiger partial charge in [-0.1, -0.05) is 11.6 Å². The summed E-state index contributed by atoms with van der Waals surface area (Å²) in [4.78, 5) is 0. The first-order valence-electron chi connectivity index (χ1n) is 5.98. The van der Waals surface area contributed by atoms with Crippen LogP contribution in [-0.4, -0.2) is 22.9 Å². The molecule has 0 saturated carbocycles. The molecule has 5 heteroatoms. The van der Waals surface area contributed by atoms with Gasteiger partial charge >= 0.3 is 0 Å². The van der Waals surface area contributed by atoms with Crippen LogP contribution in [0.15, 0.2) is 16.8 Å². The Hall–Kier alpha value is -0.840. The molecule has 0 aliphatic heterocycles. The van der Waals surface area contributed by atoms with E-state index in [2.05, 4.69) is 27.2 Å². The predicted molar refractivity (Wildman–Crippen MR) is 77.5 cm³/mol. The maximum atomic E-state index is 6.29. The smallest absolute Gasteiger partial charge is 0.0847 e. The molecule has 2 heterocycles. The van der Waals surface area contributed by atoms with Crippen molar-refractivity contribution in [3.63, 3.8) is 0 Å². The number of nitrogens with one attached hydrogen (secondary N) is 1. The normalized spacial score (nSPS) is 12.9. The lowest BCUT2D eigenvalue weighted by atomic mass is 10.0. The van der Waals surface area contributed by atoms with Crippen LogP contribution in [0.5, 0.6) is 0 Å². The third-order valence-electron chi connectivity index (χ3n) is 3.17. The average Bonchev–Trinajstić information content (AvgIpc) is 2.92. The van der Waals surface area contributed by atoms with Crippen LogP contribution in [0.2, 0.25) is 5.02 Å². The predicted octanol–water partition coefficient (Wildman–Crippen LogP) is 2.82. The highest BCUT2D eigenvalue weighted by atomic mass is 35.5. The highest BCUT2D eigenvalue weighted by Gasteiger charge is 2.16. The summed E-state index contributed by atoms with van der Waals surface area (Å²) >= 11 is 8.03. The third-order valence-corrected chi connectivity index (χ3v) is 4.40. The monoisotopic (exact) mass is 283 g/mol. The van der Waals surface area contributed by atoms with Gasteiger partial charge in [0.05, 0.1) is 16.4 Å². The van der Waals surface area contributed by atoms with Crippen LogP contribution in [-0.2, 0) is 19.9 Å². The number of aryl methyl sites for hydroxylation is 2. The van der Waals surface area contributed by atoms with E-state index in [-0.39, 0.29) is 0 Å². The topological polar surface area (TPSA) is 29.9 Å². The van der Waals surface area contributed by atoms with Crippen molar-refractivity contribution in [3.05, 3.63) is 38.8 Å². The van der Waals surface area contributed by atoms with Gasteiger partial charge in [0.25, 0.3) is 0 Å². The lowest BCUT2D eigenvalue weighted by Crippen LogP contribution is -2.30. The summed E-state index contributed by atoms with van der Waals surface area (Å²) in [7, 11) is 3.94. The lowest BCUT2D eigenvalue weighted by molar-refractivity contribution is 0.534. The van der Waals surface area contributed by atoms with Gasteiger partial charge in [0.2, 0.25) is 0 Å². The van der Waals surface area contributed by atoms with E-state index >= 15 is 0 Å². The van der Waals surface area contributed by atoms with Gasteiger partial charge in [-0.25, -0.2) is 0 Å². The fourth-order valence-corrected chi connectivity index (χ4v) is 3.02. The van der Waals surface area contributed by atoms with E-state index in [1.807, 2.05) is 25.7 Å². The van der Waals surface area contributed by atoms with Crippen molar-refractivity contribution in [1.29, 1.82) is 0 Å². The molecule has 0 spiro atoms. The first-order chi connectivity index (χ1) is 8.61. The molecule has 2 rings (SSSR count). The Kier molecular flexibility index (Phi) is 4.43. The van der Waals surface area contributed by atoms with Crippen molar-refractivity contribution in [2.24, 2.45) is 7.05 Å². The number of thiophene rings is 1. The SMILES string of the molecule is CNC(Cc1ccsc1)Cc1c(Cl)c(C)nn1C. The second-order valence-corrected chi connectivity index (χ2v) is 5.65. The van der Waals surface area contributed by atoms with E-state index in [0.29, 0.717) is 6.04 Å². The summed E-state index contributed by atoms with van der Waals surface area (Å²) in [6, 6.07) is 2.55. The van der Waals surface area contributed by atoms with Gasteiger partial charge in [-0.05, 0) is 42.8 Å². The van der Waals surface area contributed by atoms with Crippen molar-refractivity contribution in [2.75, 3.05) is 7.05 Å². The second-order valence-electron chi connectivity index (χ2n) is 4.50. The maximum absolute atomic E-state index is 6.29. The zero-order valence-corrected chi connectivity index (χ0v) is 12.5. The Morgan fingerprint density at radius 2 is 2.28 bits per heavy atom. The molecular formula is C13H18ClN3S. The molecule has 0 saturated heterocycles. The summed E-state index contributed by atoms with van der Waals surface area (Å²) in [5.74, 6) is 0. The minimum absolute atomic E-state index is 0.381. The molecule has 0 aliphatic rings. The molecule has 2 aromatic heterocycles. The number of halogens is 1. The van der Waals surface area contributed by atoms with Crippen LogP contribution < -0.4 is 5.32 Å². The first-order valence-corrected chi connectivity index (χ1v) is 7.30. The third kappa shape index (κ3) is 2.94. The van der Waals surface area contributed by atoms with E-state index < -0.39 is 0 Å². The van der Waals surface area contributed by atoms with Gasteiger partial charge in [-0.3, -0.25) is 4.68 Å². The van der Waals surface area contributed by atoms with E-state index in [1.165, 1.54) is 5.56 Å². The van der Waals surface area contributed by atoms with E-state index in [1.54, 1.807) is 11.3 Å². The quantitative estimate of drug-likeness (QED) is 0.914. The van der Waals surface area contributed by atoms with E-state index in [4.69, 9.17) is 11.6 Å². The number of hydrogen-bond donors (Lipinski definition) is 1. The van der Waals surface area contributed by atoms with Crippen LogP contribution in [0.4, 0.5) is 0 Å². The van der Waals surface area contributed by atoms with Gasteiger partial charge in [0.15, 0.2) is 0 Å². The number of likely N-dealkylation sites (N-methyl/N-ethyl adjacent to an activating group) is 1. The summed E-state index contributed by atoms with van der Waals surface area (Å²) in [6.07, 6.45) is 1.91. The lowest BCUT2D eigenvalue weighted by Gasteiger charge is -2.15. The van der Waals surface area contributed by atoms with E-state index in [0.717, 1.165) is 29.3 Å². The Morgan fingerprint density at radius 1 is 1.50 bits per heavy atom. The minimum atomic E-state index is 0.381. The van der Waals surface area contributed by atoms with Gasteiger partial charge in [0.1, 0.15) is 0 Å². The largest absolute Gasteiger partial charge is 0.316 e. The molecular weight excluding hydrogens is 266 g/mol. The molecule has 2 aromatic rings. The number of hydrogen-bond acceptors (Lipinski definition) is 3. The van der Waals surface area contributed by atoms with Crippen LogP contribution in [0.1, 0.15) is 17.0 Å². The average molecular weight is 284 g/mol. The molecule has 1 atom stereocenters. The van der Waals surface area contributed by atoms with Crippen LogP contribution in [0.25, 0.3) is 0 Å². The summed E-state index contributed by atoms with van der Waals surface area (Å²) in [6.45, 7) is 1.94. The molecule has 18 heavy (non-hydrogen) atoms. The number of rotatable bonds is 5. The van der Waals surface area contributed by atoms with E-state index in [9.17, 15) is 0 Å². The fraction of sp³-hybridized carbons (Fsp3) is 0.462. The molecule has 0 bridgehead atoms. The van der Waals surface area contributed by atoms with Gasteiger partial charge < -0.3 is 5.32 Å². The molecule has 0 aliphatic carbocycles. The summed E-state index contributed by atoms with van der Waals surface area (Å²) in [5.41, 5.74) is 3.37. The van der Waals surface area contributed by atoms with Crippen molar-refractivity contribution < 1.29 is 0 Å². The highest BCUT2D eigenvalue weighted by molar-refractivity contribution is 7.07. The van der Waals surface area contributed by atoms with Crippen molar-refractivity contribution in [2.45, 2.75) is 25.8 Å². The van der Waals surface area contributed by atoms with Crippen LogP contribution in [0.3, 0.4) is 0 Å². The highest BCUT2D eigenvalue weighted by Crippen LogP contribution is 2.21. The van der Waals surface area contributed by atoms with Crippen LogP contribution >= 0.6 is 22.9 Å². The number of nitrogens with zero attached hydrogens (tertiary/aromatic N) is 2. The minimum Gasteiger partial charge on any atom is -0.316 e. The molecule has 0 fully saturated rings.